The molecule has 0 spiro atoms. The van der Waals surface area contributed by atoms with E-state index in [2.05, 4.69) is 16.5 Å². The normalized spacial score (nSPS) is 13.5. The summed E-state index contributed by atoms with van der Waals surface area (Å²) in [6, 6.07) is 15.6. The number of rotatable bonds is 4. The van der Waals surface area contributed by atoms with E-state index in [1.54, 1.807) is 14.0 Å². The Bertz CT molecular complexity index is 703. The SMILES string of the molecule is COc1ccc(N2CC=C(c3ccc(C(C)=O)cc3)N2)cc1. The molecule has 0 aliphatic carbocycles. The number of hydrogen-bond donors (Lipinski definition) is 1. The van der Waals surface area contributed by atoms with E-state index < -0.39 is 0 Å². The van der Waals surface area contributed by atoms with Gasteiger partial charge >= 0.3 is 0 Å². The van der Waals surface area contributed by atoms with Crippen molar-refractivity contribution in [2.24, 2.45) is 0 Å². The quantitative estimate of drug-likeness (QED) is 0.879. The zero-order chi connectivity index (χ0) is 15.5. The van der Waals surface area contributed by atoms with Gasteiger partial charge < -0.3 is 4.74 Å². The van der Waals surface area contributed by atoms with Gasteiger partial charge in [0.25, 0.3) is 0 Å². The zero-order valence-corrected chi connectivity index (χ0v) is 12.7. The van der Waals surface area contributed by atoms with Gasteiger partial charge in [-0.2, -0.15) is 0 Å². The van der Waals surface area contributed by atoms with Crippen LogP contribution in [0.5, 0.6) is 5.75 Å². The number of anilines is 1. The molecule has 2 aromatic carbocycles. The van der Waals surface area contributed by atoms with Crippen LogP contribution >= 0.6 is 0 Å². The third kappa shape index (κ3) is 2.81. The number of ketones is 1. The molecule has 0 saturated carbocycles. The van der Waals surface area contributed by atoms with Gasteiger partial charge in [0, 0.05) is 5.56 Å². The van der Waals surface area contributed by atoms with Crippen LogP contribution in [-0.4, -0.2) is 19.4 Å². The molecule has 0 radical (unpaired) electrons. The average molecular weight is 294 g/mol. The Morgan fingerprint density at radius 3 is 2.36 bits per heavy atom. The van der Waals surface area contributed by atoms with Crippen molar-refractivity contribution in [1.29, 1.82) is 0 Å². The highest BCUT2D eigenvalue weighted by Gasteiger charge is 2.15. The fraction of sp³-hybridized carbons (Fsp3) is 0.167. The maximum absolute atomic E-state index is 11.3. The highest BCUT2D eigenvalue weighted by atomic mass is 16.5. The third-order valence-electron chi connectivity index (χ3n) is 3.72. The van der Waals surface area contributed by atoms with Crippen molar-refractivity contribution < 1.29 is 9.53 Å². The average Bonchev–Trinajstić information content (AvgIpc) is 3.05. The Labute approximate surface area is 130 Å². The van der Waals surface area contributed by atoms with Crippen LogP contribution < -0.4 is 15.2 Å². The summed E-state index contributed by atoms with van der Waals surface area (Å²) in [4.78, 5) is 11.3. The van der Waals surface area contributed by atoms with Crippen molar-refractivity contribution in [2.75, 3.05) is 18.7 Å². The highest BCUT2D eigenvalue weighted by Crippen LogP contribution is 2.24. The first-order valence-corrected chi connectivity index (χ1v) is 7.17. The number of carbonyl (C=O) groups excluding carboxylic acids is 1. The summed E-state index contributed by atoms with van der Waals surface area (Å²) in [6.45, 7) is 2.36. The number of ether oxygens (including phenoxy) is 1. The topological polar surface area (TPSA) is 41.6 Å². The van der Waals surface area contributed by atoms with Gasteiger partial charge in [-0.15, -0.1) is 0 Å². The fourth-order valence-electron chi connectivity index (χ4n) is 2.42. The predicted molar refractivity (Wildman–Crippen MR) is 87.9 cm³/mol. The lowest BCUT2D eigenvalue weighted by Crippen LogP contribution is -2.31. The van der Waals surface area contributed by atoms with Crippen LogP contribution in [0.15, 0.2) is 54.6 Å². The lowest BCUT2D eigenvalue weighted by molar-refractivity contribution is 0.101. The van der Waals surface area contributed by atoms with Crippen LogP contribution in [0.25, 0.3) is 5.70 Å². The second kappa shape index (κ2) is 5.93. The second-order valence-electron chi connectivity index (χ2n) is 5.17. The molecule has 1 aliphatic heterocycles. The number of nitrogens with zero attached hydrogens (tertiary/aromatic N) is 1. The standard InChI is InChI=1S/C18H18N2O2/c1-13(21)14-3-5-15(6-4-14)18-11-12-20(19-18)16-7-9-17(22-2)10-8-16/h3-11,19H,12H2,1-2H3. The van der Waals surface area contributed by atoms with Crippen LogP contribution in [0.4, 0.5) is 5.69 Å². The second-order valence-corrected chi connectivity index (χ2v) is 5.17. The summed E-state index contributed by atoms with van der Waals surface area (Å²) in [5, 5.41) is 2.06. The van der Waals surface area contributed by atoms with E-state index in [1.165, 1.54) is 0 Å². The predicted octanol–water partition coefficient (Wildman–Crippen LogP) is 3.26. The van der Waals surface area contributed by atoms with Crippen molar-refractivity contribution in [3.8, 4) is 5.75 Å². The summed E-state index contributed by atoms with van der Waals surface area (Å²) < 4.78 is 5.17. The van der Waals surface area contributed by atoms with Crippen molar-refractivity contribution in [2.45, 2.75) is 6.92 Å². The van der Waals surface area contributed by atoms with Crippen LogP contribution in [0.2, 0.25) is 0 Å². The molecule has 1 heterocycles. The molecular weight excluding hydrogens is 276 g/mol. The maximum Gasteiger partial charge on any atom is 0.159 e. The number of methoxy groups -OCH3 is 1. The minimum Gasteiger partial charge on any atom is -0.497 e. The van der Waals surface area contributed by atoms with Gasteiger partial charge in [-0.1, -0.05) is 24.3 Å². The number of nitrogens with one attached hydrogen (secondary N) is 1. The molecular formula is C18H18N2O2. The highest BCUT2D eigenvalue weighted by molar-refractivity contribution is 5.94. The molecule has 1 N–H and O–H groups in total. The van der Waals surface area contributed by atoms with Crippen molar-refractivity contribution in [3.05, 3.63) is 65.7 Å². The molecule has 0 atom stereocenters. The Morgan fingerprint density at radius 1 is 1.09 bits per heavy atom. The first kappa shape index (κ1) is 14.2. The molecule has 3 rings (SSSR count). The smallest absolute Gasteiger partial charge is 0.159 e. The van der Waals surface area contributed by atoms with E-state index in [-0.39, 0.29) is 5.78 Å². The molecule has 0 bridgehead atoms. The summed E-state index contributed by atoms with van der Waals surface area (Å²) in [6.07, 6.45) is 2.13. The summed E-state index contributed by atoms with van der Waals surface area (Å²) in [5.74, 6) is 0.927. The molecule has 2 aromatic rings. The molecule has 0 fully saturated rings. The number of Topliss-reactive ketones (excluding diaryl/α,β-unsaturated/α-hetero) is 1. The van der Waals surface area contributed by atoms with Gasteiger partial charge in [-0.05, 0) is 42.8 Å². The zero-order valence-electron chi connectivity index (χ0n) is 12.7. The maximum atomic E-state index is 11.3. The summed E-state index contributed by atoms with van der Waals surface area (Å²) in [7, 11) is 1.66. The number of carbonyl (C=O) groups is 1. The third-order valence-corrected chi connectivity index (χ3v) is 3.72. The van der Waals surface area contributed by atoms with E-state index in [4.69, 9.17) is 4.74 Å². The number of benzene rings is 2. The van der Waals surface area contributed by atoms with E-state index >= 15 is 0 Å². The minimum atomic E-state index is 0.0831. The monoisotopic (exact) mass is 294 g/mol. The van der Waals surface area contributed by atoms with E-state index in [0.29, 0.717) is 0 Å². The first-order chi connectivity index (χ1) is 10.7. The molecule has 112 valence electrons. The molecule has 1 aliphatic rings. The van der Waals surface area contributed by atoms with Crippen LogP contribution in [0.3, 0.4) is 0 Å². The molecule has 22 heavy (non-hydrogen) atoms. The summed E-state index contributed by atoms with van der Waals surface area (Å²) >= 11 is 0. The molecule has 4 nitrogen and oxygen atoms in total. The lowest BCUT2D eigenvalue weighted by atomic mass is 10.1. The Morgan fingerprint density at radius 2 is 1.77 bits per heavy atom. The van der Waals surface area contributed by atoms with Crippen LogP contribution in [-0.2, 0) is 0 Å². The van der Waals surface area contributed by atoms with Crippen molar-refractivity contribution >= 4 is 17.2 Å². The molecule has 0 amide bonds. The van der Waals surface area contributed by atoms with E-state index in [0.717, 1.165) is 34.8 Å². The first-order valence-electron chi connectivity index (χ1n) is 7.17. The van der Waals surface area contributed by atoms with E-state index in [9.17, 15) is 4.79 Å². The Hall–Kier alpha value is -2.75. The Balaban J connectivity index is 1.71. The van der Waals surface area contributed by atoms with Gasteiger partial charge in [0.15, 0.2) is 5.78 Å². The lowest BCUT2D eigenvalue weighted by Gasteiger charge is -2.20. The molecule has 0 aromatic heterocycles. The van der Waals surface area contributed by atoms with Crippen molar-refractivity contribution in [3.63, 3.8) is 0 Å². The number of hydrazine groups is 1. The van der Waals surface area contributed by atoms with Gasteiger partial charge in [0.2, 0.25) is 0 Å². The minimum absolute atomic E-state index is 0.0831. The largest absolute Gasteiger partial charge is 0.497 e. The molecule has 0 unspecified atom stereocenters. The number of hydrogen-bond acceptors (Lipinski definition) is 4. The Kier molecular flexibility index (Phi) is 3.83. The molecule has 0 saturated heterocycles. The fourth-order valence-corrected chi connectivity index (χ4v) is 2.42. The van der Waals surface area contributed by atoms with Gasteiger partial charge in [0.05, 0.1) is 25.0 Å². The molecule has 4 heteroatoms. The van der Waals surface area contributed by atoms with Gasteiger partial charge in [-0.25, -0.2) is 0 Å². The van der Waals surface area contributed by atoms with Gasteiger partial charge in [0.1, 0.15) is 5.75 Å². The van der Waals surface area contributed by atoms with Crippen molar-refractivity contribution in [1.82, 2.24) is 5.43 Å². The van der Waals surface area contributed by atoms with Gasteiger partial charge in [-0.3, -0.25) is 15.2 Å². The van der Waals surface area contributed by atoms with Crippen LogP contribution in [0.1, 0.15) is 22.8 Å². The van der Waals surface area contributed by atoms with Crippen LogP contribution in [0, 0.1) is 0 Å². The van der Waals surface area contributed by atoms with E-state index in [1.807, 2.05) is 48.5 Å². The summed E-state index contributed by atoms with van der Waals surface area (Å²) in [5.41, 5.74) is 7.30.